The van der Waals surface area contributed by atoms with Crippen LogP contribution in [-0.4, -0.2) is 44.4 Å². The van der Waals surface area contributed by atoms with Gasteiger partial charge in [0, 0.05) is 11.8 Å². The quantitative estimate of drug-likeness (QED) is 0.445. The predicted octanol–water partition coefficient (Wildman–Crippen LogP) is 2.21. The number of hydrogen-bond acceptors (Lipinski definition) is 9. The molecule has 1 fully saturated rings. The third kappa shape index (κ3) is 3.85. The number of H-pyrrole nitrogens is 1. The maximum absolute atomic E-state index is 15.3. The van der Waals surface area contributed by atoms with E-state index in [2.05, 4.69) is 4.98 Å². The number of nitrogens with one attached hydrogen (secondary N) is 1. The van der Waals surface area contributed by atoms with Crippen LogP contribution >= 0.6 is 31.6 Å². The number of aliphatic hydroxyl groups is 2. The van der Waals surface area contributed by atoms with Crippen molar-refractivity contribution < 1.29 is 37.5 Å². The molecule has 1 unspecified atom stereocenters. The zero-order chi connectivity index (χ0) is 21.7. The summed E-state index contributed by atoms with van der Waals surface area (Å²) >= 11 is 10.7. The summed E-state index contributed by atoms with van der Waals surface area (Å²) in [5.41, 5.74) is -0.234. The molecule has 3 heterocycles. The number of aromatic nitrogens is 2. The van der Waals surface area contributed by atoms with Gasteiger partial charge in [-0.25, -0.2) is 13.8 Å². The van der Waals surface area contributed by atoms with Crippen LogP contribution in [0, 0.1) is 4.64 Å². The Bertz CT molecular complexity index is 1140. The summed E-state index contributed by atoms with van der Waals surface area (Å²) in [7, 11) is -4.22. The second kappa shape index (κ2) is 7.81. The molecule has 1 saturated heterocycles. The number of rotatable bonds is 4. The van der Waals surface area contributed by atoms with Gasteiger partial charge < -0.3 is 19.5 Å². The molecule has 0 bridgehead atoms. The molecular formula is C16H15ClFN2O8PS. The molecule has 30 heavy (non-hydrogen) atoms. The van der Waals surface area contributed by atoms with E-state index in [9.17, 15) is 19.6 Å². The van der Waals surface area contributed by atoms with Crippen molar-refractivity contribution in [2.45, 2.75) is 30.9 Å². The molecule has 0 saturated carbocycles. The van der Waals surface area contributed by atoms with Crippen LogP contribution in [0.2, 0.25) is 5.02 Å². The first-order valence-corrected chi connectivity index (χ1v) is 10.8. The maximum Gasteiger partial charge on any atom is 0.530 e. The van der Waals surface area contributed by atoms with Gasteiger partial charge in [0.15, 0.2) is 6.23 Å². The molecule has 4 rings (SSSR count). The average molecular weight is 481 g/mol. The predicted molar refractivity (Wildman–Crippen MR) is 102 cm³/mol. The first-order valence-electron chi connectivity index (χ1n) is 8.52. The Morgan fingerprint density at radius 1 is 1.43 bits per heavy atom. The number of phosphoric acid groups is 1. The lowest BCUT2D eigenvalue weighted by atomic mass is 10.1. The Balaban J connectivity index is 1.52. The van der Waals surface area contributed by atoms with Crippen molar-refractivity contribution in [3.8, 4) is 5.75 Å². The van der Waals surface area contributed by atoms with Crippen molar-refractivity contribution in [1.82, 2.24) is 9.55 Å². The number of alkyl halides is 1. The zero-order valence-corrected chi connectivity index (χ0v) is 17.4. The second-order valence-corrected chi connectivity index (χ2v) is 8.98. The van der Waals surface area contributed by atoms with Crippen LogP contribution in [0.15, 0.2) is 35.3 Å². The Kier molecular flexibility index (Phi) is 5.62. The van der Waals surface area contributed by atoms with Gasteiger partial charge >= 0.3 is 13.5 Å². The summed E-state index contributed by atoms with van der Waals surface area (Å²) in [6.07, 6.45) is -4.67. The number of benzene rings is 1. The highest BCUT2D eigenvalue weighted by Crippen LogP contribution is 2.55. The smallest absolute Gasteiger partial charge is 0.404 e. The van der Waals surface area contributed by atoms with Gasteiger partial charge in [0.25, 0.3) is 5.85 Å². The lowest BCUT2D eigenvalue weighted by Crippen LogP contribution is -2.43. The molecule has 10 nitrogen and oxygen atoms in total. The summed E-state index contributed by atoms with van der Waals surface area (Å²) in [6, 6.07) is 6.60. The summed E-state index contributed by atoms with van der Waals surface area (Å²) in [5, 5.41) is 20.3. The highest BCUT2D eigenvalue weighted by Gasteiger charge is 2.57. The van der Waals surface area contributed by atoms with Crippen LogP contribution in [0.1, 0.15) is 11.8 Å². The standard InChI is InChI=1S/C16H15ClFN2O8PS/c17-9-5-20(15(23)19-13(9)30)14-11(21)12(22)16(18,27-14)7-26-29(24)25-6-8-3-1-2-4-10(8)28-29/h1-5,11-12,14,21-22H,6-7H2,(H,19,23,30)/t11-,12+,14-,16-,29?/m1/s1. The number of aromatic amines is 1. The molecular weight excluding hydrogens is 466 g/mol. The van der Waals surface area contributed by atoms with E-state index in [-0.39, 0.29) is 22.0 Å². The Hall–Kier alpha value is -1.63. The second-order valence-electron chi connectivity index (χ2n) is 6.57. The maximum atomic E-state index is 15.3. The van der Waals surface area contributed by atoms with Crippen LogP contribution in [0.3, 0.4) is 0 Å². The molecule has 3 N–H and O–H groups in total. The fourth-order valence-electron chi connectivity index (χ4n) is 2.98. The first kappa shape index (κ1) is 21.6. The Morgan fingerprint density at radius 3 is 2.93 bits per heavy atom. The van der Waals surface area contributed by atoms with E-state index in [0.717, 1.165) is 10.8 Å². The fraction of sp³-hybridized carbons (Fsp3) is 0.375. The average Bonchev–Trinajstić information content (AvgIpc) is 2.94. The highest BCUT2D eigenvalue weighted by molar-refractivity contribution is 7.71. The molecule has 162 valence electrons. The van der Waals surface area contributed by atoms with Crippen molar-refractivity contribution in [1.29, 1.82) is 0 Å². The minimum atomic E-state index is -4.22. The van der Waals surface area contributed by atoms with E-state index in [1.807, 2.05) is 0 Å². The fourth-order valence-corrected chi connectivity index (χ4v) is 4.50. The number of halogens is 2. The molecule has 2 aliphatic heterocycles. The lowest BCUT2D eigenvalue weighted by Gasteiger charge is -2.28. The number of para-hydroxylation sites is 1. The van der Waals surface area contributed by atoms with Gasteiger partial charge in [0.05, 0.1) is 11.6 Å². The van der Waals surface area contributed by atoms with Crippen LogP contribution in [-0.2, 0) is 25.0 Å². The minimum Gasteiger partial charge on any atom is -0.404 e. The largest absolute Gasteiger partial charge is 0.530 e. The van der Waals surface area contributed by atoms with Crippen molar-refractivity contribution >= 4 is 31.6 Å². The van der Waals surface area contributed by atoms with Crippen LogP contribution < -0.4 is 10.2 Å². The van der Waals surface area contributed by atoms with E-state index in [1.165, 1.54) is 6.07 Å². The normalized spacial score (nSPS) is 33.1. The molecule has 2 aromatic rings. The van der Waals surface area contributed by atoms with E-state index < -0.39 is 44.4 Å². The van der Waals surface area contributed by atoms with Crippen molar-refractivity contribution in [3.05, 3.63) is 56.2 Å². The van der Waals surface area contributed by atoms with Crippen molar-refractivity contribution in [2.75, 3.05) is 6.61 Å². The van der Waals surface area contributed by atoms with Gasteiger partial charge in [-0.2, -0.15) is 0 Å². The third-order valence-corrected chi connectivity index (χ3v) is 6.58. The van der Waals surface area contributed by atoms with Gasteiger partial charge in [0.1, 0.15) is 29.2 Å². The van der Waals surface area contributed by atoms with Gasteiger partial charge in [-0.15, -0.1) is 0 Å². The molecule has 0 radical (unpaired) electrons. The van der Waals surface area contributed by atoms with E-state index in [4.69, 9.17) is 42.1 Å². The molecule has 0 amide bonds. The topological polar surface area (TPSA) is 132 Å². The number of hydrogen-bond donors (Lipinski definition) is 3. The monoisotopic (exact) mass is 480 g/mol. The third-order valence-electron chi connectivity index (χ3n) is 4.55. The summed E-state index contributed by atoms with van der Waals surface area (Å²) < 4.78 is 48.9. The van der Waals surface area contributed by atoms with Gasteiger partial charge in [0.2, 0.25) is 0 Å². The van der Waals surface area contributed by atoms with E-state index in [1.54, 1.807) is 18.2 Å². The zero-order valence-electron chi connectivity index (χ0n) is 14.9. The number of aliphatic hydroxyl groups excluding tert-OH is 2. The molecule has 2 aliphatic rings. The number of ether oxygens (including phenoxy) is 1. The molecule has 1 aromatic carbocycles. The SMILES string of the molecule is O=c1[nH]c(=S)c(Cl)cn1[C@@H]1O[C@](F)(COP2(=O)OCc3ccccc3O2)[C@@H](O)[C@H]1O. The van der Waals surface area contributed by atoms with Crippen molar-refractivity contribution in [3.63, 3.8) is 0 Å². The summed E-state index contributed by atoms with van der Waals surface area (Å²) in [6.45, 7) is -1.22. The molecule has 14 heteroatoms. The number of phosphoric ester groups is 1. The molecule has 5 atom stereocenters. The lowest BCUT2D eigenvalue weighted by molar-refractivity contribution is -0.205. The van der Waals surface area contributed by atoms with E-state index in [0.29, 0.717) is 5.56 Å². The van der Waals surface area contributed by atoms with E-state index >= 15 is 4.39 Å². The molecule has 0 spiro atoms. The van der Waals surface area contributed by atoms with Crippen LogP contribution in [0.25, 0.3) is 0 Å². The number of fused-ring (bicyclic) bond motifs is 1. The summed E-state index contributed by atoms with van der Waals surface area (Å²) in [5.74, 6) is -2.80. The Morgan fingerprint density at radius 2 is 2.17 bits per heavy atom. The van der Waals surface area contributed by atoms with Crippen molar-refractivity contribution in [2.24, 2.45) is 0 Å². The van der Waals surface area contributed by atoms with Gasteiger partial charge in [-0.1, -0.05) is 42.0 Å². The molecule has 0 aliphatic carbocycles. The number of nitrogens with zero attached hydrogens (tertiary/aromatic N) is 1. The van der Waals surface area contributed by atoms with Gasteiger partial charge in [-0.05, 0) is 6.07 Å². The Labute approximate surface area is 178 Å². The molecule has 1 aromatic heterocycles. The highest BCUT2D eigenvalue weighted by atomic mass is 35.5. The first-order chi connectivity index (χ1) is 14.1. The van der Waals surface area contributed by atoms with Crippen LogP contribution in [0.4, 0.5) is 4.39 Å². The minimum absolute atomic E-state index is 0.0606. The summed E-state index contributed by atoms with van der Waals surface area (Å²) in [4.78, 5) is 14.3. The van der Waals surface area contributed by atoms with Crippen LogP contribution in [0.5, 0.6) is 5.75 Å². The van der Waals surface area contributed by atoms with Gasteiger partial charge in [-0.3, -0.25) is 18.6 Å².